The Hall–Kier alpha value is -4.32. The van der Waals surface area contributed by atoms with Crippen LogP contribution in [-0.2, 0) is 38.4 Å². The van der Waals surface area contributed by atoms with E-state index in [1.165, 1.54) is 0 Å². The lowest BCUT2D eigenvalue weighted by molar-refractivity contribution is -0.142. The number of unbranched alkanes of at least 4 members (excludes halogenated alkanes) is 1. The van der Waals surface area contributed by atoms with Crippen LogP contribution < -0.4 is 32.7 Å². The summed E-state index contributed by atoms with van der Waals surface area (Å²) in [4.78, 5) is 96.9. The molecule has 0 aliphatic heterocycles. The van der Waals surface area contributed by atoms with Crippen molar-refractivity contribution in [2.45, 2.75) is 108 Å². The van der Waals surface area contributed by atoms with Gasteiger partial charge in [-0.25, -0.2) is 4.79 Å². The summed E-state index contributed by atoms with van der Waals surface area (Å²) in [5, 5.41) is 45.9. The molecule has 0 aliphatic rings. The molecule has 18 nitrogen and oxygen atoms in total. The molecule has 45 heavy (non-hydrogen) atoms. The molecule has 0 bridgehead atoms. The summed E-state index contributed by atoms with van der Waals surface area (Å²) < 4.78 is 0. The Morgan fingerprint density at radius 1 is 0.556 bits per heavy atom. The molecule has 0 saturated carbocycles. The van der Waals surface area contributed by atoms with Crippen molar-refractivity contribution in [1.29, 1.82) is 0 Å². The van der Waals surface area contributed by atoms with Crippen LogP contribution in [0.25, 0.3) is 0 Å². The van der Waals surface area contributed by atoms with Crippen LogP contribution in [0.1, 0.15) is 78.1 Å². The molecule has 0 spiro atoms. The number of amides is 4. The Morgan fingerprint density at radius 2 is 0.956 bits per heavy atom. The molecule has 18 heteroatoms. The molecule has 12 N–H and O–H groups in total. The zero-order valence-corrected chi connectivity index (χ0v) is 25.5. The molecule has 0 unspecified atom stereocenters. The second-order valence-electron chi connectivity index (χ2n) is 10.9. The summed E-state index contributed by atoms with van der Waals surface area (Å²) >= 11 is 0. The van der Waals surface area contributed by atoms with Crippen molar-refractivity contribution in [2.75, 3.05) is 6.54 Å². The van der Waals surface area contributed by atoms with Crippen LogP contribution in [0.5, 0.6) is 0 Å². The lowest BCUT2D eigenvalue weighted by atomic mass is 10.0. The zero-order chi connectivity index (χ0) is 34.7. The Balaban J connectivity index is 5.96. The van der Waals surface area contributed by atoms with E-state index >= 15 is 0 Å². The van der Waals surface area contributed by atoms with E-state index in [9.17, 15) is 48.6 Å². The van der Waals surface area contributed by atoms with Gasteiger partial charge in [0.1, 0.15) is 24.2 Å². The number of aliphatic carboxylic acids is 4. The SMILES string of the molecule is CC(C)C[C@H](NC(=O)[C@H](CCC(=O)O)NC(=O)[C@H](CCC(=O)O)NC(=O)[C@@H](N)CCC(=O)O)C(=O)N[C@@H](CCCCN)C(=O)O. The summed E-state index contributed by atoms with van der Waals surface area (Å²) in [6.07, 6.45) is -1.77. The highest BCUT2D eigenvalue weighted by molar-refractivity contribution is 5.95. The third-order valence-electron chi connectivity index (χ3n) is 6.47. The quantitative estimate of drug-likeness (QED) is 0.0513. The first-order valence-electron chi connectivity index (χ1n) is 14.5. The summed E-state index contributed by atoms with van der Waals surface area (Å²) in [6, 6.07) is -7.01. The summed E-state index contributed by atoms with van der Waals surface area (Å²) in [5.41, 5.74) is 11.1. The molecule has 0 aromatic heterocycles. The number of carboxylic acid groups (broad SMARTS) is 4. The molecule has 0 fully saturated rings. The fourth-order valence-corrected chi connectivity index (χ4v) is 4.03. The number of carboxylic acids is 4. The van der Waals surface area contributed by atoms with Crippen LogP contribution in [0.3, 0.4) is 0 Å². The molecular formula is C27H46N6O12. The number of carbonyl (C=O) groups excluding carboxylic acids is 4. The molecule has 4 amide bonds. The minimum absolute atomic E-state index is 0.0534. The van der Waals surface area contributed by atoms with E-state index in [1.807, 2.05) is 0 Å². The predicted octanol–water partition coefficient (Wildman–Crippen LogP) is -1.89. The number of carbonyl (C=O) groups is 8. The van der Waals surface area contributed by atoms with Crippen LogP contribution in [0.4, 0.5) is 0 Å². The number of hydrogen-bond acceptors (Lipinski definition) is 10. The highest BCUT2D eigenvalue weighted by atomic mass is 16.4. The monoisotopic (exact) mass is 646 g/mol. The van der Waals surface area contributed by atoms with Gasteiger partial charge in [0.05, 0.1) is 6.04 Å². The predicted molar refractivity (Wildman–Crippen MR) is 156 cm³/mol. The van der Waals surface area contributed by atoms with E-state index < -0.39 is 110 Å². The smallest absolute Gasteiger partial charge is 0.326 e. The van der Waals surface area contributed by atoms with Gasteiger partial charge in [-0.2, -0.15) is 0 Å². The molecule has 0 aromatic rings. The van der Waals surface area contributed by atoms with Crippen LogP contribution in [0, 0.1) is 5.92 Å². The maximum Gasteiger partial charge on any atom is 0.326 e. The molecule has 0 rings (SSSR count). The Bertz CT molecular complexity index is 1050. The molecule has 256 valence electrons. The van der Waals surface area contributed by atoms with Gasteiger partial charge in [-0.3, -0.25) is 33.6 Å². The average molecular weight is 647 g/mol. The molecule has 0 aliphatic carbocycles. The normalized spacial score (nSPS) is 14.2. The van der Waals surface area contributed by atoms with E-state index in [4.69, 9.17) is 21.7 Å². The summed E-state index contributed by atoms with van der Waals surface area (Å²) in [5.74, 6) is -9.14. The Kier molecular flexibility index (Phi) is 19.3. The van der Waals surface area contributed by atoms with Crippen molar-refractivity contribution in [3.05, 3.63) is 0 Å². The van der Waals surface area contributed by atoms with Crippen LogP contribution in [-0.4, -0.2) is 105 Å². The maximum atomic E-state index is 13.3. The van der Waals surface area contributed by atoms with Gasteiger partial charge in [0.2, 0.25) is 23.6 Å². The number of nitrogens with one attached hydrogen (secondary N) is 4. The van der Waals surface area contributed by atoms with Crippen LogP contribution in [0.2, 0.25) is 0 Å². The second kappa shape index (κ2) is 21.4. The maximum absolute atomic E-state index is 13.3. The molecule has 5 atom stereocenters. The van der Waals surface area contributed by atoms with Crippen molar-refractivity contribution < 1.29 is 58.8 Å². The molecule has 0 aromatic carbocycles. The first-order valence-corrected chi connectivity index (χ1v) is 14.5. The minimum atomic E-state index is -1.57. The number of rotatable bonds is 24. The molecule has 0 radical (unpaired) electrons. The van der Waals surface area contributed by atoms with Crippen LogP contribution in [0.15, 0.2) is 0 Å². The van der Waals surface area contributed by atoms with E-state index in [0.29, 0.717) is 19.4 Å². The first kappa shape index (κ1) is 40.7. The van der Waals surface area contributed by atoms with Crippen molar-refractivity contribution in [2.24, 2.45) is 17.4 Å². The van der Waals surface area contributed by atoms with Gasteiger partial charge in [0.15, 0.2) is 0 Å². The summed E-state index contributed by atoms with van der Waals surface area (Å²) in [6.45, 7) is 3.81. The third-order valence-corrected chi connectivity index (χ3v) is 6.47. The van der Waals surface area contributed by atoms with Gasteiger partial charge >= 0.3 is 23.9 Å². The topological polar surface area (TPSA) is 318 Å². The van der Waals surface area contributed by atoms with Gasteiger partial charge in [0, 0.05) is 19.3 Å². The Morgan fingerprint density at radius 3 is 1.38 bits per heavy atom. The van der Waals surface area contributed by atoms with E-state index in [-0.39, 0.29) is 25.2 Å². The fraction of sp³-hybridized carbons (Fsp3) is 0.704. The number of hydrogen-bond donors (Lipinski definition) is 10. The fourth-order valence-electron chi connectivity index (χ4n) is 4.03. The zero-order valence-electron chi connectivity index (χ0n) is 25.5. The second-order valence-corrected chi connectivity index (χ2v) is 10.9. The van der Waals surface area contributed by atoms with Gasteiger partial charge in [-0.15, -0.1) is 0 Å². The van der Waals surface area contributed by atoms with E-state index in [1.54, 1.807) is 13.8 Å². The lowest BCUT2D eigenvalue weighted by Gasteiger charge is -2.27. The average Bonchev–Trinajstić information content (AvgIpc) is 2.94. The Labute approximate surface area is 260 Å². The minimum Gasteiger partial charge on any atom is -0.481 e. The standard InChI is InChI=1S/C27H46N6O12/c1-14(2)13-19(26(43)32-18(27(44)45)5-3-4-12-28)33-25(42)17(8-11-22(38)39)31-24(41)16(7-10-21(36)37)30-23(40)15(29)6-9-20(34)35/h14-19H,3-13,28-29H2,1-2H3,(H,30,40)(H,31,41)(H,32,43)(H,33,42)(H,34,35)(H,36,37)(H,38,39)(H,44,45)/t15-,16-,17-,18-,19-/m0/s1. The first-order chi connectivity index (χ1) is 21.0. The van der Waals surface area contributed by atoms with Crippen molar-refractivity contribution in [1.82, 2.24) is 21.3 Å². The molecule has 0 heterocycles. The summed E-state index contributed by atoms with van der Waals surface area (Å²) in [7, 11) is 0. The van der Waals surface area contributed by atoms with E-state index in [2.05, 4.69) is 21.3 Å². The highest BCUT2D eigenvalue weighted by Crippen LogP contribution is 2.10. The molecule has 0 saturated heterocycles. The third kappa shape index (κ3) is 18.2. The van der Waals surface area contributed by atoms with Gasteiger partial charge < -0.3 is 53.2 Å². The van der Waals surface area contributed by atoms with Crippen molar-refractivity contribution >= 4 is 47.5 Å². The lowest BCUT2D eigenvalue weighted by Crippen LogP contribution is -2.58. The van der Waals surface area contributed by atoms with Gasteiger partial charge in [-0.05, 0) is 57.4 Å². The number of nitrogens with two attached hydrogens (primary N) is 2. The van der Waals surface area contributed by atoms with Crippen molar-refractivity contribution in [3.8, 4) is 0 Å². The molecular weight excluding hydrogens is 600 g/mol. The van der Waals surface area contributed by atoms with Gasteiger partial charge in [-0.1, -0.05) is 13.8 Å². The van der Waals surface area contributed by atoms with E-state index in [0.717, 1.165) is 0 Å². The van der Waals surface area contributed by atoms with Crippen molar-refractivity contribution in [3.63, 3.8) is 0 Å². The largest absolute Gasteiger partial charge is 0.481 e. The van der Waals surface area contributed by atoms with Crippen LogP contribution >= 0.6 is 0 Å². The van der Waals surface area contributed by atoms with Gasteiger partial charge in [0.25, 0.3) is 0 Å². The highest BCUT2D eigenvalue weighted by Gasteiger charge is 2.32.